The summed E-state index contributed by atoms with van der Waals surface area (Å²) in [5.41, 5.74) is 0.671. The van der Waals surface area contributed by atoms with Gasteiger partial charge in [0.25, 0.3) is 0 Å². The van der Waals surface area contributed by atoms with Crippen LogP contribution in [0.5, 0.6) is 0 Å². The molecule has 2 heterocycles. The zero-order chi connectivity index (χ0) is 16.8. The molecule has 22 heavy (non-hydrogen) atoms. The number of nitrogens with one attached hydrogen (secondary N) is 1. The summed E-state index contributed by atoms with van der Waals surface area (Å²) in [5.74, 6) is -2.44. The zero-order valence-corrected chi connectivity index (χ0v) is 11.8. The van der Waals surface area contributed by atoms with E-state index >= 15 is 0 Å². The summed E-state index contributed by atoms with van der Waals surface area (Å²) in [7, 11) is 0. The van der Waals surface area contributed by atoms with E-state index in [0.717, 1.165) is 0 Å². The summed E-state index contributed by atoms with van der Waals surface area (Å²) in [6.45, 7) is 1.53. The molecule has 2 aromatic heterocycles. The smallest absolute Gasteiger partial charge is 0.328 e. The third kappa shape index (κ3) is 11.8. The van der Waals surface area contributed by atoms with Crippen LogP contribution in [0.1, 0.15) is 17.4 Å². The van der Waals surface area contributed by atoms with Gasteiger partial charge in [0.15, 0.2) is 5.78 Å². The Morgan fingerprint density at radius 3 is 1.73 bits per heavy atom. The van der Waals surface area contributed by atoms with E-state index in [9.17, 15) is 14.4 Å². The van der Waals surface area contributed by atoms with Crippen LogP contribution < -0.4 is 0 Å². The Morgan fingerprint density at radius 1 is 1.00 bits per heavy atom. The lowest BCUT2D eigenvalue weighted by Gasteiger charge is -1.81. The normalized spacial score (nSPS) is 8.95. The van der Waals surface area contributed by atoms with E-state index in [4.69, 9.17) is 10.2 Å². The fourth-order valence-electron chi connectivity index (χ4n) is 1.00. The molecule has 0 aliphatic carbocycles. The minimum Gasteiger partial charge on any atom is -0.478 e. The molecule has 0 fully saturated rings. The highest BCUT2D eigenvalue weighted by Crippen LogP contribution is 1.93. The minimum absolute atomic E-state index is 0.0787. The van der Waals surface area contributed by atoms with Crippen molar-refractivity contribution in [3.63, 3.8) is 0 Å². The number of rotatable bonds is 3. The average molecular weight is 304 g/mol. The highest BCUT2D eigenvalue weighted by molar-refractivity contribution is 5.92. The molecular formula is C15H16N2O5. The number of aromatic nitrogens is 2. The highest BCUT2D eigenvalue weighted by Gasteiger charge is 1.94. The number of ketones is 1. The third-order valence-electron chi connectivity index (χ3n) is 1.91. The van der Waals surface area contributed by atoms with Crippen molar-refractivity contribution in [2.24, 2.45) is 0 Å². The first-order valence-corrected chi connectivity index (χ1v) is 6.06. The van der Waals surface area contributed by atoms with E-state index in [1.54, 1.807) is 30.7 Å². The lowest BCUT2D eigenvalue weighted by atomic mass is 10.3. The summed E-state index contributed by atoms with van der Waals surface area (Å²) < 4.78 is 0. The predicted octanol–water partition coefficient (Wildman–Crippen LogP) is 2.01. The second kappa shape index (κ2) is 11.6. The van der Waals surface area contributed by atoms with Gasteiger partial charge in [0, 0.05) is 37.7 Å². The molecule has 0 spiro atoms. The van der Waals surface area contributed by atoms with Crippen molar-refractivity contribution in [3.8, 4) is 0 Å². The third-order valence-corrected chi connectivity index (χ3v) is 1.91. The Balaban J connectivity index is 0.000000304. The molecule has 2 aromatic rings. The molecule has 2 rings (SSSR count). The van der Waals surface area contributed by atoms with Gasteiger partial charge in [0.05, 0.1) is 5.69 Å². The van der Waals surface area contributed by atoms with Crippen molar-refractivity contribution in [2.45, 2.75) is 6.92 Å². The molecule has 0 aliphatic rings. The molecule has 0 aromatic carbocycles. The van der Waals surface area contributed by atoms with Crippen LogP contribution >= 0.6 is 0 Å². The Kier molecular flexibility index (Phi) is 9.90. The van der Waals surface area contributed by atoms with Crippen LogP contribution in [0.2, 0.25) is 0 Å². The van der Waals surface area contributed by atoms with Gasteiger partial charge in [-0.2, -0.15) is 0 Å². The number of nitrogens with zero attached hydrogens (tertiary/aromatic N) is 1. The molecule has 0 unspecified atom stereocenters. The molecule has 0 saturated carbocycles. The van der Waals surface area contributed by atoms with Gasteiger partial charge in [-0.3, -0.25) is 9.78 Å². The number of aromatic amines is 1. The first-order valence-electron chi connectivity index (χ1n) is 6.06. The average Bonchev–Trinajstić information content (AvgIpc) is 3.03. The summed E-state index contributed by atoms with van der Waals surface area (Å²) in [5, 5.41) is 15.6. The second-order valence-corrected chi connectivity index (χ2v) is 3.67. The molecule has 7 nitrogen and oxygen atoms in total. The van der Waals surface area contributed by atoms with Crippen molar-refractivity contribution in [2.75, 3.05) is 0 Å². The Hall–Kier alpha value is -3.22. The lowest BCUT2D eigenvalue weighted by Crippen LogP contribution is -1.91. The number of Topliss-reactive ketones (excluding diaryl/α,β-unsaturated/α-hetero) is 1. The molecule has 0 amide bonds. The molecule has 0 aliphatic heterocycles. The van der Waals surface area contributed by atoms with Crippen molar-refractivity contribution < 1.29 is 24.6 Å². The number of aliphatic carboxylic acids is 2. The Bertz CT molecular complexity index is 549. The highest BCUT2D eigenvalue weighted by atomic mass is 16.4. The molecule has 3 N–H and O–H groups in total. The number of carbonyl (C=O) groups excluding carboxylic acids is 1. The number of carbonyl (C=O) groups is 3. The molecule has 0 atom stereocenters. The maximum Gasteiger partial charge on any atom is 0.328 e. The number of carboxylic acid groups (broad SMARTS) is 2. The van der Waals surface area contributed by atoms with Crippen molar-refractivity contribution in [1.82, 2.24) is 9.97 Å². The van der Waals surface area contributed by atoms with E-state index in [1.807, 2.05) is 18.2 Å². The zero-order valence-electron chi connectivity index (χ0n) is 11.8. The van der Waals surface area contributed by atoms with Gasteiger partial charge < -0.3 is 15.2 Å². The number of hydrogen-bond donors (Lipinski definition) is 3. The monoisotopic (exact) mass is 304 g/mol. The van der Waals surface area contributed by atoms with E-state index < -0.39 is 11.9 Å². The van der Waals surface area contributed by atoms with Crippen LogP contribution in [0.3, 0.4) is 0 Å². The number of hydrogen-bond acceptors (Lipinski definition) is 4. The molecule has 7 heteroatoms. The Morgan fingerprint density at radius 2 is 1.55 bits per heavy atom. The predicted molar refractivity (Wildman–Crippen MR) is 79.4 cm³/mol. The van der Waals surface area contributed by atoms with Crippen molar-refractivity contribution in [1.29, 1.82) is 0 Å². The van der Waals surface area contributed by atoms with Crippen LogP contribution in [0, 0.1) is 0 Å². The molecule has 116 valence electrons. The van der Waals surface area contributed by atoms with Crippen LogP contribution in [0.4, 0.5) is 0 Å². The SMILES string of the molecule is CC(=O)c1ccc[nH]1.O=C(O)/C=C\C(=O)O.c1ccncc1. The summed E-state index contributed by atoms with van der Waals surface area (Å²) >= 11 is 0. The van der Waals surface area contributed by atoms with E-state index in [-0.39, 0.29) is 5.78 Å². The lowest BCUT2D eigenvalue weighted by molar-refractivity contribution is -0.134. The summed E-state index contributed by atoms with van der Waals surface area (Å²) in [6.07, 6.45) is 6.35. The van der Waals surface area contributed by atoms with Crippen LogP contribution in [-0.2, 0) is 9.59 Å². The molecule has 0 saturated heterocycles. The molecule has 0 bridgehead atoms. The van der Waals surface area contributed by atoms with Gasteiger partial charge >= 0.3 is 11.9 Å². The quantitative estimate of drug-likeness (QED) is 0.589. The summed E-state index contributed by atoms with van der Waals surface area (Å²) in [6, 6.07) is 9.27. The molecule has 0 radical (unpaired) electrons. The topological polar surface area (TPSA) is 120 Å². The van der Waals surface area contributed by atoms with Crippen molar-refractivity contribution >= 4 is 17.7 Å². The van der Waals surface area contributed by atoms with Gasteiger partial charge in [0.2, 0.25) is 0 Å². The van der Waals surface area contributed by atoms with Gasteiger partial charge in [-0.25, -0.2) is 9.59 Å². The number of carboxylic acids is 2. The van der Waals surface area contributed by atoms with Gasteiger partial charge in [-0.05, 0) is 24.3 Å². The van der Waals surface area contributed by atoms with E-state index in [1.165, 1.54) is 6.92 Å². The second-order valence-electron chi connectivity index (χ2n) is 3.67. The molecular weight excluding hydrogens is 288 g/mol. The van der Waals surface area contributed by atoms with Crippen LogP contribution in [0.25, 0.3) is 0 Å². The Labute approximate surface area is 127 Å². The first kappa shape index (κ1) is 18.8. The van der Waals surface area contributed by atoms with E-state index in [0.29, 0.717) is 17.8 Å². The van der Waals surface area contributed by atoms with Gasteiger partial charge in [-0.1, -0.05) is 6.07 Å². The fourth-order valence-corrected chi connectivity index (χ4v) is 1.00. The summed E-state index contributed by atoms with van der Waals surface area (Å²) in [4.78, 5) is 36.2. The van der Waals surface area contributed by atoms with Crippen LogP contribution in [0.15, 0.2) is 61.1 Å². The largest absolute Gasteiger partial charge is 0.478 e. The van der Waals surface area contributed by atoms with Gasteiger partial charge in [-0.15, -0.1) is 0 Å². The number of H-pyrrole nitrogens is 1. The fraction of sp³-hybridized carbons (Fsp3) is 0.0667. The maximum absolute atomic E-state index is 10.5. The standard InChI is InChI=1S/C6H7NO.C5H5N.C4H4O4/c1-5(8)6-3-2-4-7-6;1-2-4-6-5-3-1;5-3(6)1-2-4(7)8/h2-4,7H,1H3;1-5H;1-2H,(H,5,6)(H,7,8)/b;;2-1-. The van der Waals surface area contributed by atoms with E-state index in [2.05, 4.69) is 9.97 Å². The van der Waals surface area contributed by atoms with Gasteiger partial charge in [0.1, 0.15) is 0 Å². The number of pyridine rings is 1. The van der Waals surface area contributed by atoms with Crippen molar-refractivity contribution in [3.05, 3.63) is 66.8 Å². The maximum atomic E-state index is 10.5. The van der Waals surface area contributed by atoms with Crippen LogP contribution in [-0.4, -0.2) is 37.9 Å². The first-order chi connectivity index (χ1) is 10.4. The minimum atomic E-state index is -1.26.